The standard InChI is InChI=1S/C30H50O3/c1-18(17-31)19-10-13-28(5)24(33)16-30(7)20(25(19)28)8-9-22-27(4)14-12-23(32)26(2,3)21(27)11-15-29(22,30)6/h19-25,31-33H,1,8-17H2,2-7H3/t19-,20+,21-,22+,23-,24-,25+,27-,28+,29+,30+/m0/s1. The Balaban J connectivity index is 1.56. The maximum Gasteiger partial charge on any atom is 0.0641 e. The Hall–Kier alpha value is -0.380. The van der Waals surface area contributed by atoms with E-state index < -0.39 is 0 Å². The molecule has 0 aromatic rings. The van der Waals surface area contributed by atoms with E-state index >= 15 is 0 Å². The van der Waals surface area contributed by atoms with Crippen LogP contribution in [0.1, 0.15) is 99.3 Å². The minimum Gasteiger partial charge on any atom is -0.393 e. The fourth-order valence-corrected chi connectivity index (χ4v) is 11.5. The third-order valence-electron chi connectivity index (χ3n) is 13.6. The quantitative estimate of drug-likeness (QED) is 0.447. The summed E-state index contributed by atoms with van der Waals surface area (Å²) in [5.74, 6) is 2.58. The zero-order valence-corrected chi connectivity index (χ0v) is 22.2. The van der Waals surface area contributed by atoms with E-state index in [0.29, 0.717) is 29.6 Å². The lowest BCUT2D eigenvalue weighted by atomic mass is 9.32. The van der Waals surface area contributed by atoms with Gasteiger partial charge < -0.3 is 15.3 Å². The number of aliphatic hydroxyl groups excluding tert-OH is 3. The Bertz CT molecular complexity index is 819. The molecule has 5 saturated carbocycles. The van der Waals surface area contributed by atoms with Crippen LogP contribution in [0.3, 0.4) is 0 Å². The van der Waals surface area contributed by atoms with Crippen molar-refractivity contribution in [1.82, 2.24) is 0 Å². The minimum absolute atomic E-state index is 0.0217. The molecule has 5 rings (SSSR count). The molecule has 0 aromatic carbocycles. The van der Waals surface area contributed by atoms with Crippen molar-refractivity contribution >= 4 is 0 Å². The monoisotopic (exact) mass is 458 g/mol. The highest BCUT2D eigenvalue weighted by Gasteiger charge is 2.71. The Kier molecular flexibility index (Phi) is 5.40. The van der Waals surface area contributed by atoms with E-state index in [0.717, 1.165) is 37.7 Å². The van der Waals surface area contributed by atoms with Gasteiger partial charge in [-0.15, -0.1) is 0 Å². The summed E-state index contributed by atoms with van der Waals surface area (Å²) >= 11 is 0. The fourth-order valence-electron chi connectivity index (χ4n) is 11.5. The van der Waals surface area contributed by atoms with Crippen LogP contribution in [0, 0.1) is 56.7 Å². The van der Waals surface area contributed by atoms with Crippen molar-refractivity contribution in [2.75, 3.05) is 6.61 Å². The van der Waals surface area contributed by atoms with E-state index in [4.69, 9.17) is 0 Å². The van der Waals surface area contributed by atoms with Gasteiger partial charge in [0.25, 0.3) is 0 Å². The summed E-state index contributed by atoms with van der Waals surface area (Å²) in [6.07, 6.45) is 9.56. The second kappa shape index (κ2) is 7.32. The SMILES string of the molecule is C=C(CO)[C@@H]1CC[C@@]2(C)[C@H]1[C@H]1CC[C@@H]3[C@@]4(C)CC[C@H](O)C(C)(C)[C@@H]4CC[C@@]3(C)[C@]1(C)C[C@@H]2O. The molecule has 5 fully saturated rings. The fraction of sp³-hybridized carbons (Fsp3) is 0.933. The molecule has 3 heteroatoms. The van der Waals surface area contributed by atoms with Crippen LogP contribution < -0.4 is 0 Å². The first kappa shape index (κ1) is 24.3. The van der Waals surface area contributed by atoms with Crippen LogP contribution in [0.4, 0.5) is 0 Å². The van der Waals surface area contributed by atoms with E-state index in [1.165, 1.54) is 25.7 Å². The predicted octanol–water partition coefficient (Wildman–Crippen LogP) is 5.97. The van der Waals surface area contributed by atoms with Gasteiger partial charge in [-0.25, -0.2) is 0 Å². The van der Waals surface area contributed by atoms with E-state index in [2.05, 4.69) is 48.1 Å². The lowest BCUT2D eigenvalue weighted by Crippen LogP contribution is -2.68. The molecule has 5 aliphatic rings. The van der Waals surface area contributed by atoms with E-state index in [-0.39, 0.29) is 45.9 Å². The summed E-state index contributed by atoms with van der Waals surface area (Å²) in [6, 6.07) is 0. The van der Waals surface area contributed by atoms with Gasteiger partial charge in [-0.3, -0.25) is 0 Å². The molecule has 0 aliphatic heterocycles. The topological polar surface area (TPSA) is 60.7 Å². The maximum absolute atomic E-state index is 11.7. The van der Waals surface area contributed by atoms with Gasteiger partial charge in [0.05, 0.1) is 18.8 Å². The van der Waals surface area contributed by atoms with Crippen LogP contribution >= 0.6 is 0 Å². The minimum atomic E-state index is -0.272. The molecule has 0 spiro atoms. The number of fused-ring (bicyclic) bond motifs is 7. The van der Waals surface area contributed by atoms with Gasteiger partial charge in [0.15, 0.2) is 0 Å². The van der Waals surface area contributed by atoms with Gasteiger partial charge in [-0.2, -0.15) is 0 Å². The first-order valence-electron chi connectivity index (χ1n) is 13.9. The molecule has 5 aliphatic carbocycles. The molecular formula is C30H50O3. The van der Waals surface area contributed by atoms with Gasteiger partial charge in [0, 0.05) is 0 Å². The number of rotatable bonds is 2. The summed E-state index contributed by atoms with van der Waals surface area (Å²) in [7, 11) is 0. The summed E-state index contributed by atoms with van der Waals surface area (Å²) < 4.78 is 0. The van der Waals surface area contributed by atoms with Crippen molar-refractivity contribution in [3.05, 3.63) is 12.2 Å². The van der Waals surface area contributed by atoms with Gasteiger partial charge in [0.2, 0.25) is 0 Å². The molecule has 3 N–H and O–H groups in total. The summed E-state index contributed by atoms with van der Waals surface area (Å²) in [6.45, 7) is 19.0. The van der Waals surface area contributed by atoms with Gasteiger partial charge in [0.1, 0.15) is 0 Å². The van der Waals surface area contributed by atoms with Gasteiger partial charge >= 0.3 is 0 Å². The van der Waals surface area contributed by atoms with Crippen LogP contribution in [0.2, 0.25) is 0 Å². The molecule has 0 saturated heterocycles. The lowest BCUT2D eigenvalue weighted by molar-refractivity contribution is -0.261. The smallest absolute Gasteiger partial charge is 0.0641 e. The molecule has 33 heavy (non-hydrogen) atoms. The Morgan fingerprint density at radius 1 is 0.758 bits per heavy atom. The van der Waals surface area contributed by atoms with Crippen LogP contribution in [0.5, 0.6) is 0 Å². The normalized spacial score (nSPS) is 57.4. The van der Waals surface area contributed by atoms with Crippen molar-refractivity contribution in [1.29, 1.82) is 0 Å². The van der Waals surface area contributed by atoms with Gasteiger partial charge in [-0.1, -0.05) is 48.1 Å². The second-order valence-corrected chi connectivity index (χ2v) is 14.8. The zero-order chi connectivity index (χ0) is 24.2. The van der Waals surface area contributed by atoms with E-state index in [1.54, 1.807) is 0 Å². The van der Waals surface area contributed by atoms with Crippen molar-refractivity contribution in [2.45, 2.75) is 112 Å². The molecule has 0 radical (unpaired) electrons. The number of hydrogen-bond acceptors (Lipinski definition) is 3. The third-order valence-corrected chi connectivity index (χ3v) is 13.6. The Morgan fingerprint density at radius 2 is 1.42 bits per heavy atom. The summed E-state index contributed by atoms with van der Waals surface area (Å²) in [5, 5.41) is 32.6. The molecular weight excluding hydrogens is 408 g/mol. The molecule has 0 bridgehead atoms. The highest BCUT2D eigenvalue weighted by atomic mass is 16.3. The molecule has 0 aromatic heterocycles. The van der Waals surface area contributed by atoms with Crippen molar-refractivity contribution in [3.8, 4) is 0 Å². The molecule has 11 atom stereocenters. The van der Waals surface area contributed by atoms with Crippen LogP contribution in [0.25, 0.3) is 0 Å². The van der Waals surface area contributed by atoms with Crippen molar-refractivity contribution in [3.63, 3.8) is 0 Å². The van der Waals surface area contributed by atoms with E-state index in [1.807, 2.05) is 0 Å². The molecule has 188 valence electrons. The highest BCUT2D eigenvalue weighted by Crippen LogP contribution is 2.77. The maximum atomic E-state index is 11.7. The van der Waals surface area contributed by atoms with Gasteiger partial charge in [-0.05, 0) is 120 Å². The average Bonchev–Trinajstić information content (AvgIpc) is 3.10. The van der Waals surface area contributed by atoms with E-state index in [9.17, 15) is 15.3 Å². The summed E-state index contributed by atoms with van der Waals surface area (Å²) in [4.78, 5) is 0. The van der Waals surface area contributed by atoms with Crippen molar-refractivity contribution in [2.24, 2.45) is 56.7 Å². The zero-order valence-electron chi connectivity index (χ0n) is 22.2. The number of hydrogen-bond donors (Lipinski definition) is 3. The Labute approximate surface area is 202 Å². The Morgan fingerprint density at radius 3 is 2.09 bits per heavy atom. The molecule has 0 heterocycles. The predicted molar refractivity (Wildman–Crippen MR) is 133 cm³/mol. The lowest BCUT2D eigenvalue weighted by Gasteiger charge is -2.73. The first-order valence-corrected chi connectivity index (χ1v) is 13.9. The highest BCUT2D eigenvalue weighted by molar-refractivity contribution is 5.23. The molecule has 0 amide bonds. The molecule has 3 nitrogen and oxygen atoms in total. The van der Waals surface area contributed by atoms with Crippen LogP contribution in [0.15, 0.2) is 12.2 Å². The number of aliphatic hydroxyl groups is 3. The second-order valence-electron chi connectivity index (χ2n) is 14.8. The first-order chi connectivity index (χ1) is 15.3. The largest absolute Gasteiger partial charge is 0.393 e. The third kappa shape index (κ3) is 2.85. The van der Waals surface area contributed by atoms with Crippen molar-refractivity contribution < 1.29 is 15.3 Å². The van der Waals surface area contributed by atoms with Crippen LogP contribution in [-0.4, -0.2) is 34.1 Å². The van der Waals surface area contributed by atoms with Crippen LogP contribution in [-0.2, 0) is 0 Å². The molecule has 0 unspecified atom stereocenters. The summed E-state index contributed by atoms with van der Waals surface area (Å²) in [5.41, 5.74) is 1.49. The average molecular weight is 459 g/mol.